The molecular formula is C15H20N4O. The maximum Gasteiger partial charge on any atom is 0.181 e. The highest BCUT2D eigenvalue weighted by molar-refractivity contribution is 5.55. The lowest BCUT2D eigenvalue weighted by Crippen LogP contribution is -2.10. The molecule has 1 aliphatic carbocycles. The van der Waals surface area contributed by atoms with Gasteiger partial charge in [-0.1, -0.05) is 0 Å². The van der Waals surface area contributed by atoms with E-state index in [9.17, 15) is 0 Å². The number of ether oxygens (including phenoxy) is 1. The van der Waals surface area contributed by atoms with E-state index in [1.54, 1.807) is 0 Å². The number of nitrogens with one attached hydrogen (secondary N) is 1. The van der Waals surface area contributed by atoms with Crippen LogP contribution in [0, 0.1) is 0 Å². The summed E-state index contributed by atoms with van der Waals surface area (Å²) in [7, 11) is 0. The van der Waals surface area contributed by atoms with E-state index < -0.39 is 0 Å². The zero-order chi connectivity index (χ0) is 13.8. The fourth-order valence-corrected chi connectivity index (χ4v) is 2.55. The zero-order valence-electron chi connectivity index (χ0n) is 11.5. The Balaban J connectivity index is 1.68. The normalized spacial score (nSPS) is 15.7. The second kappa shape index (κ2) is 6.05. The minimum Gasteiger partial charge on any atom is -0.490 e. The summed E-state index contributed by atoms with van der Waals surface area (Å²) in [4.78, 5) is 4.42. The maximum atomic E-state index is 5.94. The number of nitrogens with zero attached hydrogens (tertiary/aromatic N) is 2. The molecule has 5 heteroatoms. The molecule has 1 aromatic carbocycles. The van der Waals surface area contributed by atoms with Gasteiger partial charge in [-0.15, -0.1) is 0 Å². The number of benzene rings is 1. The Morgan fingerprint density at radius 1 is 1.20 bits per heavy atom. The lowest BCUT2D eigenvalue weighted by molar-refractivity contribution is 0.210. The molecule has 0 atom stereocenters. The Labute approximate surface area is 118 Å². The molecule has 1 fully saturated rings. The molecule has 0 radical (unpaired) electrons. The molecule has 1 heterocycles. The van der Waals surface area contributed by atoms with E-state index in [-0.39, 0.29) is 0 Å². The van der Waals surface area contributed by atoms with Gasteiger partial charge in [-0.25, -0.2) is 4.98 Å². The van der Waals surface area contributed by atoms with Crippen molar-refractivity contribution in [1.29, 1.82) is 0 Å². The van der Waals surface area contributed by atoms with Gasteiger partial charge in [0, 0.05) is 12.0 Å². The van der Waals surface area contributed by atoms with Crippen molar-refractivity contribution in [2.75, 3.05) is 6.54 Å². The molecular weight excluding hydrogens is 252 g/mol. The average Bonchev–Trinajstić information content (AvgIpc) is 3.12. The topological polar surface area (TPSA) is 76.8 Å². The molecule has 3 N–H and O–H groups in total. The van der Waals surface area contributed by atoms with E-state index in [0.29, 0.717) is 18.5 Å². The van der Waals surface area contributed by atoms with Crippen molar-refractivity contribution in [2.24, 2.45) is 5.73 Å². The van der Waals surface area contributed by atoms with Crippen LogP contribution in [0.1, 0.15) is 31.5 Å². The molecule has 5 nitrogen and oxygen atoms in total. The first kappa shape index (κ1) is 13.1. The van der Waals surface area contributed by atoms with Crippen LogP contribution < -0.4 is 10.5 Å². The summed E-state index contributed by atoms with van der Waals surface area (Å²) in [5.41, 5.74) is 6.49. The number of H-pyrrole nitrogens is 1. The molecule has 0 bridgehead atoms. The average molecular weight is 272 g/mol. The van der Waals surface area contributed by atoms with Crippen molar-refractivity contribution in [1.82, 2.24) is 15.2 Å². The Morgan fingerprint density at radius 3 is 2.65 bits per heavy atom. The van der Waals surface area contributed by atoms with Gasteiger partial charge in [0.1, 0.15) is 11.6 Å². The van der Waals surface area contributed by atoms with Crippen molar-refractivity contribution in [3.63, 3.8) is 0 Å². The molecule has 1 saturated carbocycles. The fourth-order valence-electron chi connectivity index (χ4n) is 2.55. The summed E-state index contributed by atoms with van der Waals surface area (Å²) >= 11 is 0. The minimum absolute atomic E-state index is 0.389. The molecule has 0 unspecified atom stereocenters. The summed E-state index contributed by atoms with van der Waals surface area (Å²) in [5.74, 6) is 2.47. The van der Waals surface area contributed by atoms with Gasteiger partial charge >= 0.3 is 0 Å². The molecule has 20 heavy (non-hydrogen) atoms. The lowest BCUT2D eigenvalue weighted by Gasteiger charge is -2.12. The summed E-state index contributed by atoms with van der Waals surface area (Å²) < 4.78 is 5.94. The van der Waals surface area contributed by atoms with Gasteiger partial charge in [0.2, 0.25) is 0 Å². The van der Waals surface area contributed by atoms with Crippen LogP contribution in [-0.2, 0) is 6.42 Å². The SMILES string of the molecule is NCCc1nc(-c2ccc(OC3CCCC3)cc2)n[nH]1. The number of rotatable bonds is 5. The van der Waals surface area contributed by atoms with Gasteiger partial charge in [0.15, 0.2) is 5.82 Å². The van der Waals surface area contributed by atoms with E-state index >= 15 is 0 Å². The van der Waals surface area contributed by atoms with Crippen LogP contribution in [-0.4, -0.2) is 27.8 Å². The molecule has 0 saturated heterocycles. The predicted octanol–water partition coefficient (Wildman–Crippen LogP) is 2.29. The van der Waals surface area contributed by atoms with Crippen LogP contribution in [0.2, 0.25) is 0 Å². The first-order valence-electron chi connectivity index (χ1n) is 7.23. The van der Waals surface area contributed by atoms with Gasteiger partial charge in [-0.2, -0.15) is 5.10 Å². The van der Waals surface area contributed by atoms with E-state index in [1.807, 2.05) is 24.3 Å². The van der Waals surface area contributed by atoms with Gasteiger partial charge in [-0.3, -0.25) is 5.10 Å². The van der Waals surface area contributed by atoms with E-state index in [0.717, 1.165) is 23.6 Å². The van der Waals surface area contributed by atoms with Crippen LogP contribution in [0.4, 0.5) is 0 Å². The molecule has 3 rings (SSSR count). The Morgan fingerprint density at radius 2 is 1.95 bits per heavy atom. The molecule has 106 valence electrons. The summed E-state index contributed by atoms with van der Waals surface area (Å²) in [5, 5.41) is 7.11. The second-order valence-electron chi connectivity index (χ2n) is 5.19. The number of nitrogens with two attached hydrogens (primary N) is 1. The van der Waals surface area contributed by atoms with Gasteiger partial charge in [0.25, 0.3) is 0 Å². The van der Waals surface area contributed by atoms with Crippen molar-refractivity contribution >= 4 is 0 Å². The molecule has 1 aliphatic rings. The molecule has 0 spiro atoms. The summed E-state index contributed by atoms with van der Waals surface area (Å²) in [6, 6.07) is 7.98. The van der Waals surface area contributed by atoms with Gasteiger partial charge in [0.05, 0.1) is 6.10 Å². The predicted molar refractivity (Wildman–Crippen MR) is 77.5 cm³/mol. The monoisotopic (exact) mass is 272 g/mol. The fraction of sp³-hybridized carbons (Fsp3) is 0.467. The van der Waals surface area contributed by atoms with Crippen molar-refractivity contribution < 1.29 is 4.74 Å². The Hall–Kier alpha value is -1.88. The van der Waals surface area contributed by atoms with Crippen molar-refractivity contribution in [2.45, 2.75) is 38.2 Å². The van der Waals surface area contributed by atoms with Crippen LogP contribution in [0.5, 0.6) is 5.75 Å². The first-order chi connectivity index (χ1) is 9.85. The third kappa shape index (κ3) is 2.99. The van der Waals surface area contributed by atoms with Crippen LogP contribution in [0.3, 0.4) is 0 Å². The third-order valence-corrected chi connectivity index (χ3v) is 3.63. The van der Waals surface area contributed by atoms with Gasteiger partial charge in [-0.05, 0) is 56.5 Å². The van der Waals surface area contributed by atoms with E-state index in [1.165, 1.54) is 25.7 Å². The molecule has 0 aliphatic heterocycles. The standard InChI is InChI=1S/C15H20N4O/c16-10-9-14-17-15(19-18-14)11-5-7-13(8-6-11)20-12-3-1-2-4-12/h5-8,12H,1-4,9-10,16H2,(H,17,18,19). The summed E-state index contributed by atoms with van der Waals surface area (Å²) in [6.45, 7) is 0.572. The summed E-state index contributed by atoms with van der Waals surface area (Å²) in [6.07, 6.45) is 6.01. The maximum absolute atomic E-state index is 5.94. The zero-order valence-corrected chi connectivity index (χ0v) is 11.5. The number of aromatic amines is 1. The Bertz CT molecular complexity index is 543. The highest BCUT2D eigenvalue weighted by Crippen LogP contribution is 2.25. The van der Waals surface area contributed by atoms with Gasteiger partial charge < -0.3 is 10.5 Å². The smallest absolute Gasteiger partial charge is 0.181 e. The quantitative estimate of drug-likeness (QED) is 0.875. The van der Waals surface area contributed by atoms with Crippen LogP contribution in [0.25, 0.3) is 11.4 Å². The highest BCUT2D eigenvalue weighted by Gasteiger charge is 2.16. The van der Waals surface area contributed by atoms with E-state index in [2.05, 4.69) is 15.2 Å². The molecule has 1 aromatic heterocycles. The van der Waals surface area contributed by atoms with Crippen LogP contribution >= 0.6 is 0 Å². The Kier molecular flexibility index (Phi) is 3.97. The lowest BCUT2D eigenvalue weighted by atomic mass is 10.2. The minimum atomic E-state index is 0.389. The van der Waals surface area contributed by atoms with Crippen LogP contribution in [0.15, 0.2) is 24.3 Å². The largest absolute Gasteiger partial charge is 0.490 e. The van der Waals surface area contributed by atoms with E-state index in [4.69, 9.17) is 10.5 Å². The molecule has 2 aromatic rings. The molecule has 0 amide bonds. The number of hydrogen-bond donors (Lipinski definition) is 2. The number of hydrogen-bond acceptors (Lipinski definition) is 4. The first-order valence-corrected chi connectivity index (χ1v) is 7.23. The van der Waals surface area contributed by atoms with Crippen molar-refractivity contribution in [3.05, 3.63) is 30.1 Å². The third-order valence-electron chi connectivity index (χ3n) is 3.63. The second-order valence-corrected chi connectivity index (χ2v) is 5.19. The number of aromatic nitrogens is 3. The van der Waals surface area contributed by atoms with Crippen molar-refractivity contribution in [3.8, 4) is 17.1 Å². The highest BCUT2D eigenvalue weighted by atomic mass is 16.5.